The summed E-state index contributed by atoms with van der Waals surface area (Å²) in [5, 5.41) is 3.94. The van der Waals surface area contributed by atoms with E-state index in [0.717, 1.165) is 39.0 Å². The predicted molar refractivity (Wildman–Crippen MR) is 106 cm³/mol. The second kappa shape index (κ2) is 7.23. The summed E-state index contributed by atoms with van der Waals surface area (Å²) in [6.45, 7) is 4.24. The van der Waals surface area contributed by atoms with Crippen molar-refractivity contribution in [3.05, 3.63) is 83.2 Å². The van der Waals surface area contributed by atoms with E-state index in [1.165, 1.54) is 18.3 Å². The minimum absolute atomic E-state index is 0.256. The van der Waals surface area contributed by atoms with Crippen LogP contribution in [0.1, 0.15) is 27.3 Å². The normalized spacial score (nSPS) is 11.0. The van der Waals surface area contributed by atoms with Gasteiger partial charge in [0.2, 0.25) is 0 Å². The Balaban J connectivity index is 1.56. The number of nitrogens with one attached hydrogen (secondary N) is 2. The molecule has 5 nitrogen and oxygen atoms in total. The van der Waals surface area contributed by atoms with Crippen molar-refractivity contribution in [1.82, 2.24) is 20.3 Å². The van der Waals surface area contributed by atoms with Crippen LogP contribution in [0.25, 0.3) is 22.2 Å². The number of aromatic nitrogens is 3. The summed E-state index contributed by atoms with van der Waals surface area (Å²) in [4.78, 5) is 23.8. The number of aryl methyl sites for hydroxylation is 2. The fourth-order valence-electron chi connectivity index (χ4n) is 3.17. The topological polar surface area (TPSA) is 70.7 Å². The SMILES string of the molecule is Cc1cnc(C(=O)NCc2ccc3[nH]c(-c4ccc(F)cc4)c(C)c3c2)cn1. The van der Waals surface area contributed by atoms with E-state index >= 15 is 0 Å². The average molecular weight is 374 g/mol. The molecule has 0 unspecified atom stereocenters. The molecule has 0 bridgehead atoms. The smallest absolute Gasteiger partial charge is 0.271 e. The fraction of sp³-hybridized carbons (Fsp3) is 0.136. The Hall–Kier alpha value is -3.54. The van der Waals surface area contributed by atoms with Crippen molar-refractivity contribution in [2.75, 3.05) is 0 Å². The molecule has 4 rings (SSSR count). The first-order valence-corrected chi connectivity index (χ1v) is 8.95. The Morgan fingerprint density at radius 1 is 1.07 bits per heavy atom. The number of H-pyrrole nitrogens is 1. The van der Waals surface area contributed by atoms with E-state index in [9.17, 15) is 9.18 Å². The Kier molecular flexibility index (Phi) is 4.61. The van der Waals surface area contributed by atoms with E-state index in [1.54, 1.807) is 18.3 Å². The zero-order valence-corrected chi connectivity index (χ0v) is 15.6. The fourth-order valence-corrected chi connectivity index (χ4v) is 3.17. The molecule has 2 aromatic carbocycles. The van der Waals surface area contributed by atoms with Crippen LogP contribution in [-0.4, -0.2) is 20.9 Å². The number of amides is 1. The molecule has 28 heavy (non-hydrogen) atoms. The third-order valence-electron chi connectivity index (χ3n) is 4.72. The molecule has 2 N–H and O–H groups in total. The van der Waals surface area contributed by atoms with Gasteiger partial charge in [0.25, 0.3) is 5.91 Å². The van der Waals surface area contributed by atoms with Gasteiger partial charge in [0, 0.05) is 29.3 Å². The second-order valence-corrected chi connectivity index (χ2v) is 6.74. The molecule has 0 fully saturated rings. The van der Waals surface area contributed by atoms with Crippen molar-refractivity contribution < 1.29 is 9.18 Å². The maximum atomic E-state index is 13.2. The number of hydrogen-bond donors (Lipinski definition) is 2. The van der Waals surface area contributed by atoms with Crippen molar-refractivity contribution in [2.45, 2.75) is 20.4 Å². The lowest BCUT2D eigenvalue weighted by Crippen LogP contribution is -2.24. The molecule has 2 heterocycles. The summed E-state index contributed by atoms with van der Waals surface area (Å²) >= 11 is 0. The highest BCUT2D eigenvalue weighted by molar-refractivity contribution is 5.92. The molecule has 0 spiro atoms. The summed E-state index contributed by atoms with van der Waals surface area (Å²) in [7, 11) is 0. The zero-order chi connectivity index (χ0) is 19.7. The van der Waals surface area contributed by atoms with Crippen molar-refractivity contribution in [3.8, 4) is 11.3 Å². The number of benzene rings is 2. The monoisotopic (exact) mass is 374 g/mol. The highest BCUT2D eigenvalue weighted by atomic mass is 19.1. The maximum Gasteiger partial charge on any atom is 0.271 e. The summed E-state index contributed by atoms with van der Waals surface area (Å²) < 4.78 is 13.2. The highest BCUT2D eigenvalue weighted by Crippen LogP contribution is 2.30. The van der Waals surface area contributed by atoms with Gasteiger partial charge >= 0.3 is 0 Å². The van der Waals surface area contributed by atoms with Crippen molar-refractivity contribution in [2.24, 2.45) is 0 Å². The number of carbonyl (C=O) groups is 1. The quantitative estimate of drug-likeness (QED) is 0.559. The van der Waals surface area contributed by atoms with Gasteiger partial charge in [-0.1, -0.05) is 6.07 Å². The minimum Gasteiger partial charge on any atom is -0.354 e. The molecule has 1 amide bonds. The molecule has 0 radical (unpaired) electrons. The van der Waals surface area contributed by atoms with E-state index in [2.05, 4.69) is 26.3 Å². The van der Waals surface area contributed by atoms with E-state index < -0.39 is 0 Å². The Morgan fingerprint density at radius 3 is 2.57 bits per heavy atom. The summed E-state index contributed by atoms with van der Waals surface area (Å²) in [6, 6.07) is 12.4. The molecule has 2 aromatic heterocycles. The van der Waals surface area contributed by atoms with Crippen molar-refractivity contribution in [1.29, 1.82) is 0 Å². The molecule has 6 heteroatoms. The molecule has 0 saturated heterocycles. The Labute approximate surface area is 161 Å². The van der Waals surface area contributed by atoms with Crippen LogP contribution in [0.5, 0.6) is 0 Å². The lowest BCUT2D eigenvalue weighted by molar-refractivity contribution is 0.0945. The van der Waals surface area contributed by atoms with Crippen LogP contribution in [0.3, 0.4) is 0 Å². The van der Waals surface area contributed by atoms with Gasteiger partial charge in [-0.2, -0.15) is 0 Å². The first-order chi connectivity index (χ1) is 13.5. The molecule has 0 aliphatic rings. The molecule has 140 valence electrons. The first kappa shape index (κ1) is 17.9. The molecule has 4 aromatic rings. The van der Waals surface area contributed by atoms with E-state index in [4.69, 9.17) is 0 Å². The van der Waals surface area contributed by atoms with E-state index in [-0.39, 0.29) is 11.7 Å². The third kappa shape index (κ3) is 3.49. The second-order valence-electron chi connectivity index (χ2n) is 6.74. The lowest BCUT2D eigenvalue weighted by atomic mass is 10.0. The van der Waals surface area contributed by atoms with Gasteiger partial charge in [0.1, 0.15) is 11.5 Å². The molecule has 0 atom stereocenters. The molecule has 0 aliphatic heterocycles. The number of aromatic amines is 1. The van der Waals surface area contributed by atoms with E-state index in [1.807, 2.05) is 26.0 Å². The van der Waals surface area contributed by atoms with E-state index in [0.29, 0.717) is 12.2 Å². The van der Waals surface area contributed by atoms with Gasteiger partial charge in [-0.3, -0.25) is 9.78 Å². The average Bonchev–Trinajstić information content (AvgIpc) is 3.03. The van der Waals surface area contributed by atoms with Crippen LogP contribution in [0.4, 0.5) is 4.39 Å². The van der Waals surface area contributed by atoms with Crippen LogP contribution in [0.15, 0.2) is 54.9 Å². The molecule has 0 aliphatic carbocycles. The maximum absolute atomic E-state index is 13.2. The van der Waals surface area contributed by atoms with Crippen LogP contribution in [0.2, 0.25) is 0 Å². The van der Waals surface area contributed by atoms with Gasteiger partial charge in [-0.15, -0.1) is 0 Å². The largest absolute Gasteiger partial charge is 0.354 e. The standard InChI is InChI=1S/C22H19FN4O/c1-13-10-25-20(12-24-13)22(28)26-11-15-3-8-19-18(9-15)14(2)21(27-19)16-4-6-17(23)7-5-16/h3-10,12,27H,11H2,1-2H3,(H,26,28). The number of rotatable bonds is 4. The number of carbonyl (C=O) groups excluding carboxylic acids is 1. The van der Waals surface area contributed by atoms with Gasteiger partial charge in [0.05, 0.1) is 11.9 Å². The first-order valence-electron chi connectivity index (χ1n) is 8.95. The summed E-state index contributed by atoms with van der Waals surface area (Å²) in [6.07, 6.45) is 3.04. The van der Waals surface area contributed by atoms with Gasteiger partial charge in [-0.25, -0.2) is 9.37 Å². The lowest BCUT2D eigenvalue weighted by Gasteiger charge is -2.05. The van der Waals surface area contributed by atoms with Crippen molar-refractivity contribution >= 4 is 16.8 Å². The summed E-state index contributed by atoms with van der Waals surface area (Å²) in [5.74, 6) is -0.515. The highest BCUT2D eigenvalue weighted by Gasteiger charge is 2.11. The van der Waals surface area contributed by atoms with Crippen molar-refractivity contribution in [3.63, 3.8) is 0 Å². The Bertz CT molecular complexity index is 1150. The number of nitrogens with zero attached hydrogens (tertiary/aromatic N) is 2. The van der Waals surface area contributed by atoms with Crippen LogP contribution in [0, 0.1) is 19.7 Å². The summed E-state index contributed by atoms with van der Waals surface area (Å²) in [5.41, 5.74) is 6.02. The Morgan fingerprint density at radius 2 is 1.86 bits per heavy atom. The minimum atomic E-state index is -0.259. The van der Waals surface area contributed by atoms with Gasteiger partial charge in [0.15, 0.2) is 0 Å². The number of fused-ring (bicyclic) bond motifs is 1. The van der Waals surface area contributed by atoms with Crippen LogP contribution < -0.4 is 5.32 Å². The number of halogens is 1. The van der Waals surface area contributed by atoms with Crippen LogP contribution >= 0.6 is 0 Å². The molecule has 0 saturated carbocycles. The molecular weight excluding hydrogens is 355 g/mol. The van der Waals surface area contributed by atoms with Crippen LogP contribution in [-0.2, 0) is 6.54 Å². The van der Waals surface area contributed by atoms with Gasteiger partial charge in [-0.05, 0) is 66.9 Å². The zero-order valence-electron chi connectivity index (χ0n) is 15.6. The number of hydrogen-bond acceptors (Lipinski definition) is 3. The van der Waals surface area contributed by atoms with Gasteiger partial charge < -0.3 is 10.3 Å². The third-order valence-corrected chi connectivity index (χ3v) is 4.72. The molecular formula is C22H19FN4O. The predicted octanol–water partition coefficient (Wildman–Crippen LogP) is 4.31.